The van der Waals surface area contributed by atoms with Crippen molar-refractivity contribution in [2.45, 2.75) is 0 Å². The molecule has 0 saturated carbocycles. The third kappa shape index (κ3) is 12.4. The van der Waals surface area contributed by atoms with Crippen LogP contribution in [-0.2, 0) is 0 Å². The van der Waals surface area contributed by atoms with E-state index in [0.717, 1.165) is 131 Å². The van der Waals surface area contributed by atoms with E-state index in [9.17, 15) is 40.3 Å². The maximum atomic E-state index is 11.8. The Morgan fingerprint density at radius 1 is 0.250 bits per heavy atom. The summed E-state index contributed by atoms with van der Waals surface area (Å²) in [6.45, 7) is 0. The molecule has 136 heavy (non-hydrogen) atoms. The van der Waals surface area contributed by atoms with E-state index in [2.05, 4.69) is 211 Å². The second-order valence-corrected chi connectivity index (χ2v) is 33.9. The number of rotatable bonds is 8. The predicted molar refractivity (Wildman–Crippen MR) is 554 cm³/mol. The topological polar surface area (TPSA) is 286 Å². The Morgan fingerprint density at radius 2 is 0.522 bits per heavy atom. The average molecular weight is 1760 g/mol. The first-order valence-electron chi connectivity index (χ1n) is 44.5. The van der Waals surface area contributed by atoms with Gasteiger partial charge in [0.25, 0.3) is 11.4 Å². The van der Waals surface area contributed by atoms with Gasteiger partial charge in [0.15, 0.2) is 0 Å². The third-order valence-corrected chi connectivity index (χ3v) is 26.8. The molecular weight excluding hydrogens is 1690 g/mol. The van der Waals surface area contributed by atoms with Crippen LogP contribution >= 0.6 is 0 Å². The molecule has 22 heteroatoms. The van der Waals surface area contributed by atoms with Crippen molar-refractivity contribution >= 4 is 254 Å². The van der Waals surface area contributed by atoms with E-state index in [-0.39, 0.29) is 22.8 Å². The number of pyridine rings is 6. The van der Waals surface area contributed by atoms with Crippen LogP contribution in [0.5, 0.6) is 0 Å². The van der Waals surface area contributed by atoms with Crippen LogP contribution in [0.2, 0.25) is 0 Å². The van der Waals surface area contributed by atoms with Crippen molar-refractivity contribution in [3.05, 3.63) is 409 Å². The highest BCUT2D eigenvalue weighted by molar-refractivity contribution is 6.65. The lowest BCUT2D eigenvalue weighted by Crippen LogP contribution is -2.32. The van der Waals surface area contributed by atoms with E-state index in [1.54, 1.807) is 36.7 Å². The summed E-state index contributed by atoms with van der Waals surface area (Å²) >= 11 is 0. The molecule has 0 spiro atoms. The second-order valence-electron chi connectivity index (χ2n) is 33.9. The largest absolute Gasteiger partial charge is 0.489 e. The maximum absolute atomic E-state index is 11.8. The Kier molecular flexibility index (Phi) is 18.8. The lowest BCUT2D eigenvalue weighted by atomic mass is 9.72. The molecule has 0 saturated heterocycles. The molecule has 0 radical (unpaired) electrons. The number of hydrogen-bond acceptors (Lipinski definition) is 14. The minimum atomic E-state index is -1.58. The fraction of sp³-hybridized carbons (Fsp3) is 0. The van der Waals surface area contributed by atoms with Crippen LogP contribution in [0, 0.1) is 20.2 Å². The van der Waals surface area contributed by atoms with Crippen LogP contribution in [0.3, 0.4) is 0 Å². The van der Waals surface area contributed by atoms with Gasteiger partial charge < -0.3 is 39.2 Å². The van der Waals surface area contributed by atoms with Crippen LogP contribution in [0.25, 0.3) is 251 Å². The summed E-state index contributed by atoms with van der Waals surface area (Å²) in [4.78, 5) is 58.5. The number of nitrogens with zero attached hydrogens (tertiary/aromatic N) is 10. The zero-order valence-electron chi connectivity index (χ0n) is 72.0. The van der Waals surface area contributed by atoms with Crippen molar-refractivity contribution < 1.29 is 29.9 Å². The average Bonchev–Trinajstić information content (AvgIpc) is 1.51. The smallest absolute Gasteiger partial charge is 0.423 e. The van der Waals surface area contributed by atoms with Crippen molar-refractivity contribution in [3.63, 3.8) is 0 Å². The molecule has 0 aliphatic heterocycles. The molecule has 0 amide bonds. The van der Waals surface area contributed by atoms with Gasteiger partial charge in [-0.3, -0.25) is 40.2 Å². The summed E-state index contributed by atoms with van der Waals surface area (Å²) in [5, 5.41) is 91.9. The number of benzene rings is 18. The van der Waals surface area contributed by atoms with Crippen molar-refractivity contribution in [2.75, 3.05) is 0 Å². The molecule has 6 N–H and O–H groups in total. The minimum absolute atomic E-state index is 0.0768. The fourth-order valence-corrected chi connectivity index (χ4v) is 21.4. The predicted octanol–water partition coefficient (Wildman–Crippen LogP) is 24.9. The molecule has 18 aromatic carbocycles. The maximum Gasteiger partial charge on any atom is 0.489 e. The molecule has 0 fully saturated rings. The highest BCUT2D eigenvalue weighted by Crippen LogP contribution is 2.53. The van der Waals surface area contributed by atoms with E-state index in [0.29, 0.717) is 22.1 Å². The van der Waals surface area contributed by atoms with E-state index < -0.39 is 24.1 Å². The number of aromatic nitrogens is 10. The molecule has 640 valence electrons. The Balaban J connectivity index is 0.0000000986. The summed E-state index contributed by atoms with van der Waals surface area (Å²) in [6.07, 6.45) is 10.7. The Bertz CT molecular complexity index is 9400. The molecule has 0 aliphatic rings. The quantitative estimate of drug-likeness (QED) is 0.0357. The van der Waals surface area contributed by atoms with Crippen LogP contribution in [0.1, 0.15) is 0 Å². The number of para-hydroxylation sites is 2. The zero-order chi connectivity index (χ0) is 91.2. The van der Waals surface area contributed by atoms with Gasteiger partial charge >= 0.3 is 14.2 Å². The lowest BCUT2D eigenvalue weighted by Gasteiger charge is -2.17. The number of fused-ring (bicyclic) bond motifs is 40. The number of nitro groups is 2. The number of aromatic amines is 2. The van der Waals surface area contributed by atoms with Crippen molar-refractivity contribution in [3.8, 4) is 33.9 Å². The lowest BCUT2D eigenvalue weighted by molar-refractivity contribution is -0.384. The standard InChI is InChI=1S/C40H24N4.C28H16N4O4.C28H16N4.C18H14B2O4/c1-3-13-25(14-4-1)43-31-21-11-23-41-37(31)35-29-19-9-8-18-28(29)34-33(39(35)43)27-17-7-10-20-30(27)36-38-32(22-12-24-42-38)44(40(34)36)26-15-5-2-6-16-26;33-31(34)25-11-5-13-29-27(25)23-16-22-18-8-2-4-10-20(18)24(28-26(32(35)36)12-6-14-30-28)15-21(22)17-7-1-3-9-19(17)23;1-3-9-17-15(7-1)21-22(28-23(17)25-19(32-28)11-5-13-29-25)16-8-2-4-10-18(16)24-26-20(31-27(21)24)12-6-14-30-26;21-19(22)17-10-16-12-6-2-4-8-14(12)18(20(23)24)9-15(16)11-5-1-3-7-13(11)17/h1-24H;1-16H;1-14,31-32H;1-10,21-24H. The summed E-state index contributed by atoms with van der Waals surface area (Å²) in [5.41, 5.74) is 17.8. The van der Waals surface area contributed by atoms with Crippen LogP contribution in [0.4, 0.5) is 11.4 Å². The van der Waals surface area contributed by atoms with Gasteiger partial charge in [0.05, 0.1) is 76.0 Å². The summed E-state index contributed by atoms with van der Waals surface area (Å²) < 4.78 is 4.83. The first-order valence-corrected chi connectivity index (χ1v) is 44.5. The molecule has 10 aromatic heterocycles. The van der Waals surface area contributed by atoms with Crippen molar-refractivity contribution in [1.82, 2.24) is 49.0 Å². The molecule has 0 bridgehead atoms. The van der Waals surface area contributed by atoms with Crippen molar-refractivity contribution in [1.29, 1.82) is 0 Å². The van der Waals surface area contributed by atoms with Crippen LogP contribution in [-0.4, -0.2) is 93.2 Å². The molecule has 28 rings (SSSR count). The summed E-state index contributed by atoms with van der Waals surface area (Å²) in [7, 11) is -3.16. The van der Waals surface area contributed by atoms with Crippen molar-refractivity contribution in [2.24, 2.45) is 0 Å². The van der Waals surface area contributed by atoms with Gasteiger partial charge in [0, 0.05) is 115 Å². The molecule has 0 unspecified atom stereocenters. The van der Waals surface area contributed by atoms with Gasteiger partial charge in [-0.1, -0.05) is 243 Å². The van der Waals surface area contributed by atoms with Gasteiger partial charge in [-0.25, -0.2) is 9.97 Å². The van der Waals surface area contributed by atoms with E-state index in [1.165, 1.54) is 109 Å². The number of H-pyrrole nitrogens is 2. The molecule has 20 nitrogen and oxygen atoms in total. The highest BCUT2D eigenvalue weighted by atomic mass is 16.6. The zero-order valence-corrected chi connectivity index (χ0v) is 72.0. The Hall–Kier alpha value is -18.1. The van der Waals surface area contributed by atoms with Gasteiger partial charge in [-0.2, -0.15) is 0 Å². The number of hydrogen-bond donors (Lipinski definition) is 6. The fourth-order valence-electron chi connectivity index (χ4n) is 21.4. The second kappa shape index (κ2) is 31.9. The molecule has 0 atom stereocenters. The van der Waals surface area contributed by atoms with Crippen LogP contribution in [0.15, 0.2) is 389 Å². The minimum Gasteiger partial charge on any atom is -0.423 e. The third-order valence-electron chi connectivity index (χ3n) is 26.8. The SMILES string of the molecule is O=[N+]([O-])c1cccnc1-c1cc2c3ccccc3c(-c3ncccc3[N+](=O)[O-])cc2c2ccccc12.OB(O)c1cc2c3ccccc3c(B(O)O)cc2c2ccccc12.c1ccc(-n2c3cccnc3c3c4ccccc4c4c(c5ccccc5c5c6ncccc6n(-c6ccccc6)c54)c32)cc1.c1cnc2c(c1)[nH]c1c2c2ccccc2c2c3[nH]c4cccnc4c3c3ccccc3c12. The Labute approximate surface area is 770 Å². The van der Waals surface area contributed by atoms with Gasteiger partial charge in [-0.05, 0) is 216 Å². The van der Waals surface area contributed by atoms with Gasteiger partial charge in [0.2, 0.25) is 0 Å². The monoisotopic (exact) mass is 1760 g/mol. The first kappa shape index (κ1) is 80.1. The van der Waals surface area contributed by atoms with E-state index >= 15 is 0 Å². The molecule has 0 aliphatic carbocycles. The number of nitrogens with one attached hydrogen (secondary N) is 2. The van der Waals surface area contributed by atoms with Gasteiger partial charge in [0.1, 0.15) is 11.4 Å². The molecular formula is C114H70B2N12O8. The molecule has 10 heterocycles. The summed E-state index contributed by atoms with van der Waals surface area (Å²) in [6, 6.07) is 117. The first-order chi connectivity index (χ1) is 66.9. The van der Waals surface area contributed by atoms with E-state index in [1.807, 2.05) is 158 Å². The van der Waals surface area contributed by atoms with E-state index in [4.69, 9.17) is 19.9 Å². The normalized spacial score (nSPS) is 11.8. The Morgan fingerprint density at radius 3 is 0.875 bits per heavy atom. The van der Waals surface area contributed by atoms with Gasteiger partial charge in [-0.15, -0.1) is 0 Å². The summed E-state index contributed by atoms with van der Waals surface area (Å²) in [5.74, 6) is 0. The highest BCUT2D eigenvalue weighted by Gasteiger charge is 2.31. The van der Waals surface area contributed by atoms with Crippen LogP contribution < -0.4 is 10.9 Å². The molecule has 28 aromatic rings.